The number of hydrogen-bond acceptors (Lipinski definition) is 3. The van der Waals surface area contributed by atoms with Gasteiger partial charge in [-0.1, -0.05) is 18.2 Å². The zero-order valence-electron chi connectivity index (χ0n) is 9.10. The zero-order valence-corrected chi connectivity index (χ0v) is 9.92. The van der Waals surface area contributed by atoms with Crippen molar-refractivity contribution in [3.8, 4) is 11.1 Å². The first kappa shape index (κ1) is 10.9. The fraction of sp³-hybridized carbons (Fsp3) is 0.0769. The molecule has 4 N–H and O–H groups in total. The van der Waals surface area contributed by atoms with Gasteiger partial charge in [-0.15, -0.1) is 11.8 Å². The Labute approximate surface area is 99.7 Å². The minimum absolute atomic E-state index is 0.760. The SMILES string of the molecule is CSc1ccc(N)cc1-c1ccccc1N. The molecule has 2 nitrogen and oxygen atoms in total. The third-order valence-electron chi connectivity index (χ3n) is 2.47. The molecule has 0 radical (unpaired) electrons. The normalized spacial score (nSPS) is 10.3. The number of benzene rings is 2. The van der Waals surface area contributed by atoms with Crippen LogP contribution in [0.2, 0.25) is 0 Å². The Morgan fingerprint density at radius 3 is 2.38 bits per heavy atom. The van der Waals surface area contributed by atoms with Gasteiger partial charge in [0, 0.05) is 21.8 Å². The monoisotopic (exact) mass is 230 g/mol. The summed E-state index contributed by atoms with van der Waals surface area (Å²) in [5.41, 5.74) is 15.5. The van der Waals surface area contributed by atoms with Crippen molar-refractivity contribution in [2.45, 2.75) is 4.90 Å². The Bertz CT molecular complexity index is 509. The molecular weight excluding hydrogens is 216 g/mol. The largest absolute Gasteiger partial charge is 0.399 e. The number of rotatable bonds is 2. The van der Waals surface area contributed by atoms with Crippen LogP contribution in [0.5, 0.6) is 0 Å². The summed E-state index contributed by atoms with van der Waals surface area (Å²) in [4.78, 5) is 1.19. The molecule has 16 heavy (non-hydrogen) atoms. The lowest BCUT2D eigenvalue weighted by Crippen LogP contribution is -1.92. The number of hydrogen-bond donors (Lipinski definition) is 2. The summed E-state index contributed by atoms with van der Waals surface area (Å²) in [6.07, 6.45) is 2.05. The Morgan fingerprint density at radius 2 is 1.69 bits per heavy atom. The van der Waals surface area contributed by atoms with Crippen LogP contribution in [0.25, 0.3) is 11.1 Å². The smallest absolute Gasteiger partial charge is 0.0394 e. The molecule has 2 aromatic rings. The van der Waals surface area contributed by atoms with Crippen LogP contribution in [0, 0.1) is 0 Å². The van der Waals surface area contributed by atoms with Crippen LogP contribution in [0.15, 0.2) is 47.4 Å². The van der Waals surface area contributed by atoms with Gasteiger partial charge in [0.15, 0.2) is 0 Å². The summed E-state index contributed by atoms with van der Waals surface area (Å²) in [7, 11) is 0. The van der Waals surface area contributed by atoms with Gasteiger partial charge in [-0.2, -0.15) is 0 Å². The molecule has 2 rings (SSSR count). The third-order valence-corrected chi connectivity index (χ3v) is 3.27. The van der Waals surface area contributed by atoms with E-state index < -0.39 is 0 Å². The number of thioether (sulfide) groups is 1. The van der Waals surface area contributed by atoms with Gasteiger partial charge in [-0.25, -0.2) is 0 Å². The summed E-state index contributed by atoms with van der Waals surface area (Å²) in [6, 6.07) is 13.8. The van der Waals surface area contributed by atoms with E-state index in [0.717, 1.165) is 22.5 Å². The second-order valence-electron chi connectivity index (χ2n) is 3.55. The van der Waals surface area contributed by atoms with Gasteiger partial charge in [0.1, 0.15) is 0 Å². The molecule has 0 bridgehead atoms. The van der Waals surface area contributed by atoms with Crippen molar-refractivity contribution < 1.29 is 0 Å². The first-order chi connectivity index (χ1) is 7.72. The Morgan fingerprint density at radius 1 is 0.938 bits per heavy atom. The van der Waals surface area contributed by atoms with Gasteiger partial charge in [0.2, 0.25) is 0 Å². The van der Waals surface area contributed by atoms with Crippen molar-refractivity contribution in [3.63, 3.8) is 0 Å². The number of para-hydroxylation sites is 1. The van der Waals surface area contributed by atoms with E-state index in [1.54, 1.807) is 11.8 Å². The van der Waals surface area contributed by atoms with Gasteiger partial charge in [0.25, 0.3) is 0 Å². The lowest BCUT2D eigenvalue weighted by Gasteiger charge is -2.10. The molecule has 0 fully saturated rings. The summed E-state index contributed by atoms with van der Waals surface area (Å²) in [5.74, 6) is 0. The second-order valence-corrected chi connectivity index (χ2v) is 4.40. The van der Waals surface area contributed by atoms with E-state index in [1.807, 2.05) is 48.7 Å². The Kier molecular flexibility index (Phi) is 3.06. The Hall–Kier alpha value is -1.61. The standard InChI is InChI=1S/C13H14N2S/c1-16-13-7-6-9(14)8-11(13)10-4-2-3-5-12(10)15/h2-8H,14-15H2,1H3. The van der Waals surface area contributed by atoms with E-state index in [2.05, 4.69) is 0 Å². The molecule has 0 saturated heterocycles. The summed E-state index contributed by atoms with van der Waals surface area (Å²) in [5, 5.41) is 0. The highest BCUT2D eigenvalue weighted by Gasteiger charge is 2.07. The highest BCUT2D eigenvalue weighted by molar-refractivity contribution is 7.98. The minimum Gasteiger partial charge on any atom is -0.399 e. The van der Waals surface area contributed by atoms with E-state index in [0.29, 0.717) is 0 Å². The van der Waals surface area contributed by atoms with Crippen molar-refractivity contribution in [2.75, 3.05) is 17.7 Å². The number of nitrogen functional groups attached to an aromatic ring is 2. The molecule has 0 amide bonds. The van der Waals surface area contributed by atoms with E-state index in [-0.39, 0.29) is 0 Å². The molecular formula is C13H14N2S. The maximum absolute atomic E-state index is 5.98. The molecule has 2 aromatic carbocycles. The predicted octanol–water partition coefficient (Wildman–Crippen LogP) is 3.24. The van der Waals surface area contributed by atoms with Gasteiger partial charge in [0.05, 0.1) is 0 Å². The lowest BCUT2D eigenvalue weighted by atomic mass is 10.0. The maximum atomic E-state index is 5.98. The topological polar surface area (TPSA) is 52.0 Å². The summed E-state index contributed by atoms with van der Waals surface area (Å²) < 4.78 is 0. The zero-order chi connectivity index (χ0) is 11.5. The van der Waals surface area contributed by atoms with Crippen LogP contribution in [0.4, 0.5) is 11.4 Å². The lowest BCUT2D eigenvalue weighted by molar-refractivity contribution is 1.45. The highest BCUT2D eigenvalue weighted by Crippen LogP contribution is 2.34. The van der Waals surface area contributed by atoms with Crippen LogP contribution in [0.3, 0.4) is 0 Å². The van der Waals surface area contributed by atoms with Crippen molar-refractivity contribution in [1.29, 1.82) is 0 Å². The first-order valence-electron chi connectivity index (χ1n) is 5.01. The van der Waals surface area contributed by atoms with Crippen LogP contribution in [-0.2, 0) is 0 Å². The molecule has 3 heteroatoms. The van der Waals surface area contributed by atoms with Gasteiger partial charge >= 0.3 is 0 Å². The van der Waals surface area contributed by atoms with Crippen molar-refractivity contribution >= 4 is 23.1 Å². The van der Waals surface area contributed by atoms with Gasteiger partial charge < -0.3 is 11.5 Å². The van der Waals surface area contributed by atoms with Crippen LogP contribution < -0.4 is 11.5 Å². The molecule has 0 aliphatic heterocycles. The van der Waals surface area contributed by atoms with E-state index >= 15 is 0 Å². The second kappa shape index (κ2) is 4.49. The fourth-order valence-electron chi connectivity index (χ4n) is 1.68. The highest BCUT2D eigenvalue weighted by atomic mass is 32.2. The molecule has 0 atom stereocenters. The average molecular weight is 230 g/mol. The molecule has 0 aliphatic carbocycles. The number of anilines is 2. The van der Waals surface area contributed by atoms with Gasteiger partial charge in [-0.05, 0) is 36.1 Å². The molecule has 0 heterocycles. The summed E-state index contributed by atoms with van der Waals surface area (Å²) >= 11 is 1.70. The minimum atomic E-state index is 0.760. The third kappa shape index (κ3) is 1.99. The van der Waals surface area contributed by atoms with E-state index in [4.69, 9.17) is 11.5 Å². The van der Waals surface area contributed by atoms with Crippen molar-refractivity contribution in [1.82, 2.24) is 0 Å². The first-order valence-corrected chi connectivity index (χ1v) is 6.23. The molecule has 82 valence electrons. The molecule has 0 aromatic heterocycles. The number of nitrogens with two attached hydrogens (primary N) is 2. The molecule has 0 spiro atoms. The van der Waals surface area contributed by atoms with Crippen molar-refractivity contribution in [2.24, 2.45) is 0 Å². The van der Waals surface area contributed by atoms with E-state index in [1.165, 1.54) is 4.90 Å². The predicted molar refractivity (Wildman–Crippen MR) is 72.5 cm³/mol. The summed E-state index contributed by atoms with van der Waals surface area (Å²) in [6.45, 7) is 0. The van der Waals surface area contributed by atoms with Crippen LogP contribution in [-0.4, -0.2) is 6.26 Å². The Balaban J connectivity index is 2.63. The average Bonchev–Trinajstić information content (AvgIpc) is 2.29. The molecule has 0 aliphatic rings. The molecule has 0 unspecified atom stereocenters. The van der Waals surface area contributed by atoms with Crippen LogP contribution >= 0.6 is 11.8 Å². The fourth-order valence-corrected chi connectivity index (χ4v) is 2.27. The quantitative estimate of drug-likeness (QED) is 0.615. The van der Waals surface area contributed by atoms with Crippen LogP contribution in [0.1, 0.15) is 0 Å². The molecule has 0 saturated carbocycles. The van der Waals surface area contributed by atoms with E-state index in [9.17, 15) is 0 Å². The maximum Gasteiger partial charge on any atom is 0.0394 e. The van der Waals surface area contributed by atoms with Gasteiger partial charge in [-0.3, -0.25) is 0 Å². The van der Waals surface area contributed by atoms with Crippen molar-refractivity contribution in [3.05, 3.63) is 42.5 Å².